The fraction of sp³-hybridized carbons (Fsp3) is 0.938. The molecule has 0 aromatic carbocycles. The van der Waals surface area contributed by atoms with Crippen molar-refractivity contribution in [1.29, 1.82) is 0 Å². The summed E-state index contributed by atoms with van der Waals surface area (Å²) in [5, 5.41) is 3.02. The molecule has 0 aliphatic heterocycles. The second-order valence-corrected chi connectivity index (χ2v) is 7.63. The molecule has 1 fully saturated rings. The highest BCUT2D eigenvalue weighted by Crippen LogP contribution is 2.40. The van der Waals surface area contributed by atoms with E-state index in [4.69, 9.17) is 10.5 Å². The van der Waals surface area contributed by atoms with Crippen molar-refractivity contribution in [2.45, 2.75) is 78.0 Å². The summed E-state index contributed by atoms with van der Waals surface area (Å²) in [4.78, 5) is 11.5. The molecule has 0 heterocycles. The molecule has 1 aliphatic rings. The molecule has 4 unspecified atom stereocenters. The van der Waals surface area contributed by atoms with Crippen LogP contribution in [0.4, 0.5) is 0 Å². The van der Waals surface area contributed by atoms with Crippen LogP contribution in [0.15, 0.2) is 0 Å². The van der Waals surface area contributed by atoms with E-state index < -0.39 is 5.54 Å². The molecule has 1 amide bonds. The Morgan fingerprint density at radius 1 is 1.50 bits per heavy atom. The van der Waals surface area contributed by atoms with Crippen LogP contribution in [0, 0.1) is 11.3 Å². The third-order valence-corrected chi connectivity index (χ3v) is 4.56. The highest BCUT2D eigenvalue weighted by atomic mass is 16.5. The van der Waals surface area contributed by atoms with Gasteiger partial charge in [-0.2, -0.15) is 0 Å². The molecule has 20 heavy (non-hydrogen) atoms. The molecule has 1 rings (SSSR count). The second kappa shape index (κ2) is 6.44. The first kappa shape index (κ1) is 17.4. The van der Waals surface area contributed by atoms with Gasteiger partial charge in [0.2, 0.25) is 5.91 Å². The molecule has 1 aliphatic carbocycles. The monoisotopic (exact) mass is 284 g/mol. The number of nitrogens with two attached hydrogens (primary N) is 1. The summed E-state index contributed by atoms with van der Waals surface area (Å²) >= 11 is 0. The van der Waals surface area contributed by atoms with Crippen molar-refractivity contribution in [1.82, 2.24) is 5.32 Å². The van der Waals surface area contributed by atoms with Crippen LogP contribution >= 0.6 is 0 Å². The highest BCUT2D eigenvalue weighted by molar-refractivity contribution is 5.84. The van der Waals surface area contributed by atoms with Crippen molar-refractivity contribution in [3.63, 3.8) is 0 Å². The first-order valence-corrected chi connectivity index (χ1v) is 7.72. The van der Waals surface area contributed by atoms with Gasteiger partial charge in [-0.25, -0.2) is 0 Å². The molecule has 4 atom stereocenters. The van der Waals surface area contributed by atoms with Gasteiger partial charge in [-0.15, -0.1) is 0 Å². The average Bonchev–Trinajstić information content (AvgIpc) is 2.25. The largest absolute Gasteiger partial charge is 0.375 e. The van der Waals surface area contributed by atoms with Crippen molar-refractivity contribution in [3.8, 4) is 0 Å². The Bertz CT molecular complexity index is 343. The summed E-state index contributed by atoms with van der Waals surface area (Å²) in [7, 11) is 1.77. The minimum Gasteiger partial charge on any atom is -0.375 e. The van der Waals surface area contributed by atoms with Gasteiger partial charge in [0.1, 0.15) is 0 Å². The van der Waals surface area contributed by atoms with Crippen LogP contribution in [-0.2, 0) is 9.53 Å². The zero-order chi connectivity index (χ0) is 15.6. The third kappa shape index (κ3) is 4.74. The van der Waals surface area contributed by atoms with Gasteiger partial charge < -0.3 is 15.8 Å². The van der Waals surface area contributed by atoms with Crippen molar-refractivity contribution in [2.24, 2.45) is 17.1 Å². The summed E-state index contributed by atoms with van der Waals surface area (Å²) in [6.07, 6.45) is 4.37. The van der Waals surface area contributed by atoms with Gasteiger partial charge in [-0.3, -0.25) is 4.79 Å². The Kier molecular flexibility index (Phi) is 5.61. The smallest absolute Gasteiger partial charge is 0.237 e. The van der Waals surface area contributed by atoms with Crippen molar-refractivity contribution >= 4 is 5.91 Å². The molecule has 4 nitrogen and oxygen atoms in total. The Morgan fingerprint density at radius 3 is 2.55 bits per heavy atom. The molecule has 0 bridgehead atoms. The van der Waals surface area contributed by atoms with Gasteiger partial charge >= 0.3 is 0 Å². The van der Waals surface area contributed by atoms with E-state index in [1.165, 1.54) is 6.42 Å². The maximum Gasteiger partial charge on any atom is 0.237 e. The van der Waals surface area contributed by atoms with Crippen molar-refractivity contribution in [3.05, 3.63) is 0 Å². The van der Waals surface area contributed by atoms with E-state index in [2.05, 4.69) is 26.1 Å². The number of nitrogens with one attached hydrogen (secondary N) is 1. The molecule has 0 radical (unpaired) electrons. The molecule has 3 N–H and O–H groups in total. The van der Waals surface area contributed by atoms with Gasteiger partial charge in [0.25, 0.3) is 0 Å². The van der Waals surface area contributed by atoms with Crippen molar-refractivity contribution < 1.29 is 9.53 Å². The predicted molar refractivity (Wildman–Crippen MR) is 82.4 cm³/mol. The van der Waals surface area contributed by atoms with Crippen LogP contribution in [0.3, 0.4) is 0 Å². The van der Waals surface area contributed by atoms with Gasteiger partial charge in [0.15, 0.2) is 0 Å². The molecule has 0 aromatic rings. The van der Waals surface area contributed by atoms with E-state index in [0.717, 1.165) is 12.8 Å². The minimum absolute atomic E-state index is 0.0195. The number of amides is 1. The number of carbonyl (C=O) groups excluding carboxylic acids is 1. The van der Waals surface area contributed by atoms with E-state index >= 15 is 0 Å². The lowest BCUT2D eigenvalue weighted by Gasteiger charge is -2.40. The molecule has 0 saturated heterocycles. The number of hydrogen-bond donors (Lipinski definition) is 2. The normalized spacial score (nSPS) is 30.5. The van der Waals surface area contributed by atoms with Crippen LogP contribution < -0.4 is 11.1 Å². The van der Waals surface area contributed by atoms with E-state index in [1.54, 1.807) is 7.05 Å². The molecular formula is C16H32N2O2. The molecular weight excluding hydrogens is 252 g/mol. The van der Waals surface area contributed by atoms with Gasteiger partial charge in [0, 0.05) is 6.42 Å². The van der Waals surface area contributed by atoms with Gasteiger partial charge in [0.05, 0.1) is 17.7 Å². The van der Waals surface area contributed by atoms with E-state index in [9.17, 15) is 4.79 Å². The van der Waals surface area contributed by atoms with Crippen molar-refractivity contribution in [2.75, 3.05) is 7.05 Å². The average molecular weight is 284 g/mol. The maximum absolute atomic E-state index is 11.5. The molecule has 1 saturated carbocycles. The first-order valence-electron chi connectivity index (χ1n) is 7.72. The van der Waals surface area contributed by atoms with E-state index in [1.807, 2.05) is 13.8 Å². The van der Waals surface area contributed by atoms with Crippen LogP contribution in [0.25, 0.3) is 0 Å². The maximum atomic E-state index is 11.5. The zero-order valence-corrected chi connectivity index (χ0v) is 14.0. The number of likely N-dealkylation sites (N-methyl/N-ethyl adjacent to an activating group) is 1. The summed E-state index contributed by atoms with van der Waals surface area (Å²) in [6, 6.07) is 0. The molecule has 0 aromatic heterocycles. The lowest BCUT2D eigenvalue weighted by Crippen LogP contribution is -2.53. The number of hydrogen-bond acceptors (Lipinski definition) is 3. The lowest BCUT2D eigenvalue weighted by atomic mass is 9.71. The number of carbonyl (C=O) groups is 1. The SMILES string of the molecule is CNC(C)(CC(C)OC1CC(C)CC(C)(C)C1)C(N)=O. The quantitative estimate of drug-likeness (QED) is 0.787. The number of ether oxygens (including phenoxy) is 1. The van der Waals surface area contributed by atoms with E-state index in [0.29, 0.717) is 17.8 Å². The second-order valence-electron chi connectivity index (χ2n) is 7.63. The third-order valence-electron chi connectivity index (χ3n) is 4.56. The van der Waals surface area contributed by atoms with E-state index in [-0.39, 0.29) is 18.1 Å². The Morgan fingerprint density at radius 2 is 2.10 bits per heavy atom. The fourth-order valence-corrected chi connectivity index (χ4v) is 3.64. The van der Waals surface area contributed by atoms with Gasteiger partial charge in [-0.1, -0.05) is 20.8 Å². The summed E-state index contributed by atoms with van der Waals surface area (Å²) in [5.74, 6) is 0.371. The number of primary amides is 1. The van der Waals surface area contributed by atoms with Crippen LogP contribution in [0.1, 0.15) is 60.3 Å². The first-order chi connectivity index (χ1) is 9.08. The summed E-state index contributed by atoms with van der Waals surface area (Å²) in [6.45, 7) is 10.8. The van der Waals surface area contributed by atoms with Crippen LogP contribution in [0.2, 0.25) is 0 Å². The zero-order valence-electron chi connectivity index (χ0n) is 14.0. The lowest BCUT2D eigenvalue weighted by molar-refractivity contribution is -0.126. The molecule has 118 valence electrons. The standard InChI is InChI=1S/C16H32N2O2/c1-11-7-13(10-15(3,4)8-11)20-12(2)9-16(5,18-6)14(17)19/h11-13,18H,7-10H2,1-6H3,(H2,17,19). The van der Waals surface area contributed by atoms with Gasteiger partial charge in [-0.05, 0) is 51.5 Å². The Labute approximate surface area is 123 Å². The minimum atomic E-state index is -0.699. The topological polar surface area (TPSA) is 64.3 Å². The summed E-state index contributed by atoms with van der Waals surface area (Å²) < 4.78 is 6.20. The fourth-order valence-electron chi connectivity index (χ4n) is 3.64. The molecule has 4 heteroatoms. The highest BCUT2D eigenvalue weighted by Gasteiger charge is 2.36. The Hall–Kier alpha value is -0.610. The Balaban J connectivity index is 2.57. The summed E-state index contributed by atoms with van der Waals surface area (Å²) in [5.41, 5.74) is 5.12. The molecule has 0 spiro atoms. The van der Waals surface area contributed by atoms with Crippen LogP contribution in [0.5, 0.6) is 0 Å². The predicted octanol–water partition coefficient (Wildman–Crippen LogP) is 2.46. The van der Waals surface area contributed by atoms with Crippen LogP contribution in [-0.4, -0.2) is 30.7 Å². The number of rotatable bonds is 6.